The molecule has 106 valence electrons. The van der Waals surface area contributed by atoms with E-state index in [2.05, 4.69) is 4.98 Å². The lowest BCUT2D eigenvalue weighted by Crippen LogP contribution is -1.92. The van der Waals surface area contributed by atoms with E-state index in [0.29, 0.717) is 16.5 Å². The molecule has 0 atom stereocenters. The summed E-state index contributed by atoms with van der Waals surface area (Å²) in [6.07, 6.45) is 0. The largest absolute Gasteiger partial charge is 0.493 e. The summed E-state index contributed by atoms with van der Waals surface area (Å²) in [5.74, 6) is 1.36. The topological polar surface area (TPSA) is 31.4 Å². The van der Waals surface area contributed by atoms with E-state index in [9.17, 15) is 0 Å². The first-order valence-electron chi connectivity index (χ1n) is 6.50. The summed E-state index contributed by atoms with van der Waals surface area (Å²) in [5.41, 5.74) is 2.61. The van der Waals surface area contributed by atoms with E-state index in [0.717, 1.165) is 22.2 Å². The maximum absolute atomic E-state index is 6.35. The Labute approximate surface area is 128 Å². The Bertz CT molecular complexity index is 802. The van der Waals surface area contributed by atoms with Crippen molar-refractivity contribution in [3.8, 4) is 22.8 Å². The van der Waals surface area contributed by atoms with Gasteiger partial charge in [0.15, 0.2) is 11.5 Å². The van der Waals surface area contributed by atoms with Gasteiger partial charge in [-0.3, -0.25) is 0 Å². The van der Waals surface area contributed by atoms with Crippen LogP contribution in [-0.4, -0.2) is 19.2 Å². The lowest BCUT2D eigenvalue weighted by Gasteiger charge is -2.10. The number of halogens is 1. The Morgan fingerprint density at radius 3 is 2.43 bits per heavy atom. The highest BCUT2D eigenvalue weighted by atomic mass is 35.5. The Kier molecular flexibility index (Phi) is 3.67. The van der Waals surface area contributed by atoms with Crippen LogP contribution in [-0.2, 0) is 0 Å². The molecule has 1 heterocycles. The van der Waals surface area contributed by atoms with Gasteiger partial charge in [0.2, 0.25) is 0 Å². The number of methoxy groups -OCH3 is 2. The second-order valence-corrected chi connectivity index (χ2v) is 4.98. The summed E-state index contributed by atoms with van der Waals surface area (Å²) in [7, 11) is 3.23. The fraction of sp³-hybridized carbons (Fsp3) is 0.118. The van der Waals surface area contributed by atoms with Crippen molar-refractivity contribution >= 4 is 22.5 Å². The van der Waals surface area contributed by atoms with Gasteiger partial charge in [-0.1, -0.05) is 29.8 Å². The minimum Gasteiger partial charge on any atom is -0.493 e. The summed E-state index contributed by atoms with van der Waals surface area (Å²) in [6.45, 7) is 0. The highest BCUT2D eigenvalue weighted by Gasteiger charge is 2.09. The van der Waals surface area contributed by atoms with Crippen LogP contribution in [0.1, 0.15) is 0 Å². The van der Waals surface area contributed by atoms with Gasteiger partial charge in [-0.2, -0.15) is 0 Å². The second-order valence-electron chi connectivity index (χ2n) is 4.58. The molecule has 1 aromatic heterocycles. The lowest BCUT2D eigenvalue weighted by molar-refractivity contribution is 0.355. The monoisotopic (exact) mass is 299 g/mol. The third-order valence-corrected chi connectivity index (χ3v) is 3.66. The van der Waals surface area contributed by atoms with E-state index >= 15 is 0 Å². The van der Waals surface area contributed by atoms with Crippen LogP contribution in [0.5, 0.6) is 11.5 Å². The molecule has 2 aromatic carbocycles. The van der Waals surface area contributed by atoms with E-state index in [4.69, 9.17) is 21.1 Å². The molecule has 0 amide bonds. The van der Waals surface area contributed by atoms with E-state index in [-0.39, 0.29) is 0 Å². The van der Waals surface area contributed by atoms with Crippen molar-refractivity contribution in [2.24, 2.45) is 0 Å². The fourth-order valence-corrected chi connectivity index (χ4v) is 2.54. The van der Waals surface area contributed by atoms with Crippen molar-refractivity contribution in [1.82, 2.24) is 4.98 Å². The lowest BCUT2D eigenvalue weighted by atomic mass is 10.1. The highest BCUT2D eigenvalue weighted by Crippen LogP contribution is 2.33. The first kappa shape index (κ1) is 13.7. The van der Waals surface area contributed by atoms with Crippen LogP contribution in [0.4, 0.5) is 0 Å². The van der Waals surface area contributed by atoms with Crippen molar-refractivity contribution in [1.29, 1.82) is 0 Å². The molecule has 0 spiro atoms. The summed E-state index contributed by atoms with van der Waals surface area (Å²) >= 11 is 6.35. The predicted molar refractivity (Wildman–Crippen MR) is 85.3 cm³/mol. The molecule has 3 nitrogen and oxygen atoms in total. The van der Waals surface area contributed by atoms with Crippen LogP contribution in [0.3, 0.4) is 0 Å². The number of ether oxygens (including phenoxy) is 2. The molecule has 3 rings (SSSR count). The number of benzene rings is 2. The summed E-state index contributed by atoms with van der Waals surface area (Å²) < 4.78 is 10.6. The van der Waals surface area contributed by atoms with Crippen LogP contribution in [0, 0.1) is 0 Å². The maximum atomic E-state index is 6.35. The molecule has 0 aliphatic carbocycles. The average molecular weight is 300 g/mol. The molecule has 0 radical (unpaired) electrons. The third kappa shape index (κ3) is 2.52. The number of para-hydroxylation sites is 1. The Hall–Kier alpha value is -2.26. The SMILES string of the molecule is COc1ccc(-c2cc(Cl)c3ccccc3n2)cc1OC. The number of hydrogen-bond donors (Lipinski definition) is 0. The van der Waals surface area contributed by atoms with Crippen molar-refractivity contribution in [3.63, 3.8) is 0 Å². The minimum atomic E-state index is 0.668. The highest BCUT2D eigenvalue weighted by molar-refractivity contribution is 6.35. The van der Waals surface area contributed by atoms with Gasteiger partial charge in [-0.15, -0.1) is 0 Å². The van der Waals surface area contributed by atoms with E-state index in [1.807, 2.05) is 48.5 Å². The van der Waals surface area contributed by atoms with Crippen LogP contribution in [0.25, 0.3) is 22.2 Å². The van der Waals surface area contributed by atoms with Crippen molar-refractivity contribution in [2.75, 3.05) is 14.2 Å². The summed E-state index contributed by atoms with van der Waals surface area (Å²) in [6, 6.07) is 15.4. The number of nitrogens with zero attached hydrogens (tertiary/aromatic N) is 1. The third-order valence-electron chi connectivity index (χ3n) is 3.35. The van der Waals surface area contributed by atoms with Gasteiger partial charge in [-0.25, -0.2) is 4.98 Å². The normalized spacial score (nSPS) is 10.6. The molecule has 4 heteroatoms. The number of fused-ring (bicyclic) bond motifs is 1. The van der Waals surface area contributed by atoms with E-state index in [1.165, 1.54) is 0 Å². The standard InChI is InChI=1S/C17H14ClNO2/c1-20-16-8-7-11(9-17(16)21-2)15-10-13(18)12-5-3-4-6-14(12)19-15/h3-10H,1-2H3. The zero-order valence-electron chi connectivity index (χ0n) is 11.8. The molecule has 0 bridgehead atoms. The first-order valence-corrected chi connectivity index (χ1v) is 6.88. The molecule has 0 aliphatic heterocycles. The molecule has 0 saturated carbocycles. The molecule has 0 fully saturated rings. The Morgan fingerprint density at radius 2 is 1.67 bits per heavy atom. The van der Waals surface area contributed by atoms with Gasteiger partial charge in [0.05, 0.1) is 30.5 Å². The fourth-order valence-electron chi connectivity index (χ4n) is 2.28. The predicted octanol–water partition coefficient (Wildman–Crippen LogP) is 4.57. The van der Waals surface area contributed by atoms with Gasteiger partial charge >= 0.3 is 0 Å². The van der Waals surface area contributed by atoms with Crippen molar-refractivity contribution < 1.29 is 9.47 Å². The van der Waals surface area contributed by atoms with Crippen molar-refractivity contribution in [3.05, 3.63) is 53.6 Å². The molecule has 21 heavy (non-hydrogen) atoms. The van der Waals surface area contributed by atoms with Gasteiger partial charge < -0.3 is 9.47 Å². The van der Waals surface area contributed by atoms with Gasteiger partial charge in [-0.05, 0) is 30.3 Å². The average Bonchev–Trinajstić information content (AvgIpc) is 2.54. The molecule has 0 unspecified atom stereocenters. The molecule has 0 saturated heterocycles. The van der Waals surface area contributed by atoms with Crippen LogP contribution < -0.4 is 9.47 Å². The first-order chi connectivity index (χ1) is 10.2. The molecule has 3 aromatic rings. The number of hydrogen-bond acceptors (Lipinski definition) is 3. The van der Waals surface area contributed by atoms with Gasteiger partial charge in [0.1, 0.15) is 0 Å². The molecular weight excluding hydrogens is 286 g/mol. The Morgan fingerprint density at radius 1 is 0.905 bits per heavy atom. The van der Waals surface area contributed by atoms with Crippen molar-refractivity contribution in [2.45, 2.75) is 0 Å². The molecule has 0 N–H and O–H groups in total. The maximum Gasteiger partial charge on any atom is 0.161 e. The van der Waals surface area contributed by atoms with Gasteiger partial charge in [0, 0.05) is 10.9 Å². The Balaban J connectivity index is 2.16. The summed E-state index contributed by atoms with van der Waals surface area (Å²) in [5, 5.41) is 1.63. The number of aromatic nitrogens is 1. The second kappa shape index (κ2) is 5.62. The summed E-state index contributed by atoms with van der Waals surface area (Å²) in [4.78, 5) is 4.66. The molecular formula is C17H14ClNO2. The zero-order valence-corrected chi connectivity index (χ0v) is 12.5. The van der Waals surface area contributed by atoms with E-state index < -0.39 is 0 Å². The molecule has 0 aliphatic rings. The smallest absolute Gasteiger partial charge is 0.161 e. The quantitative estimate of drug-likeness (QED) is 0.710. The number of pyridine rings is 1. The zero-order chi connectivity index (χ0) is 14.8. The van der Waals surface area contributed by atoms with Crippen LogP contribution in [0.15, 0.2) is 48.5 Å². The minimum absolute atomic E-state index is 0.668. The number of rotatable bonds is 3. The van der Waals surface area contributed by atoms with E-state index in [1.54, 1.807) is 14.2 Å². The van der Waals surface area contributed by atoms with Gasteiger partial charge in [0.25, 0.3) is 0 Å². The van der Waals surface area contributed by atoms with Crippen LogP contribution in [0.2, 0.25) is 5.02 Å². The van der Waals surface area contributed by atoms with Crippen LogP contribution >= 0.6 is 11.6 Å².